The van der Waals surface area contributed by atoms with Crippen molar-refractivity contribution in [2.75, 3.05) is 0 Å². The summed E-state index contributed by atoms with van der Waals surface area (Å²) >= 11 is 5.92. The largest absolute Gasteiger partial charge is 0.481 e. The second-order valence-electron chi connectivity index (χ2n) is 3.83. The molecule has 0 saturated carbocycles. The van der Waals surface area contributed by atoms with E-state index in [1.165, 1.54) is 0 Å². The molecule has 0 aliphatic carbocycles. The molecule has 0 saturated heterocycles. The van der Waals surface area contributed by atoms with E-state index in [0.717, 1.165) is 5.56 Å². The van der Waals surface area contributed by atoms with Gasteiger partial charge in [-0.05, 0) is 18.6 Å². The summed E-state index contributed by atoms with van der Waals surface area (Å²) in [5, 5.41) is 11.7. The minimum Gasteiger partial charge on any atom is -0.481 e. The highest BCUT2D eigenvalue weighted by molar-refractivity contribution is 6.31. The first-order valence-electron chi connectivity index (χ1n) is 5.23. The average molecular weight is 256 g/mol. The summed E-state index contributed by atoms with van der Waals surface area (Å²) in [6.07, 6.45) is 0.0674. The van der Waals surface area contributed by atoms with Crippen LogP contribution in [0.5, 0.6) is 0 Å². The number of benzene rings is 1. The first-order chi connectivity index (χ1) is 7.99. The zero-order valence-electron chi connectivity index (χ0n) is 9.44. The normalized spacial score (nSPS) is 11.9. The lowest BCUT2D eigenvalue weighted by Crippen LogP contribution is -2.35. The third kappa shape index (κ3) is 4.87. The number of carboxylic acids is 1. The number of hydrogen-bond donors (Lipinski definition) is 2. The number of carbonyl (C=O) groups excluding carboxylic acids is 1. The minimum absolute atomic E-state index is 0.0890. The summed E-state index contributed by atoms with van der Waals surface area (Å²) in [5.74, 6) is -1.16. The number of rotatable bonds is 5. The second kappa shape index (κ2) is 6.25. The molecule has 0 aromatic heterocycles. The second-order valence-corrected chi connectivity index (χ2v) is 4.24. The van der Waals surface area contributed by atoms with E-state index in [0.29, 0.717) is 5.02 Å². The number of carbonyl (C=O) groups is 2. The van der Waals surface area contributed by atoms with Crippen molar-refractivity contribution in [2.45, 2.75) is 25.8 Å². The van der Waals surface area contributed by atoms with Gasteiger partial charge in [-0.1, -0.05) is 29.8 Å². The topological polar surface area (TPSA) is 66.4 Å². The van der Waals surface area contributed by atoms with Crippen molar-refractivity contribution in [1.82, 2.24) is 5.32 Å². The van der Waals surface area contributed by atoms with E-state index in [-0.39, 0.29) is 24.8 Å². The lowest BCUT2D eigenvalue weighted by atomic mass is 10.1. The van der Waals surface area contributed by atoms with Crippen LogP contribution in [0.1, 0.15) is 18.9 Å². The van der Waals surface area contributed by atoms with Crippen LogP contribution in [0.25, 0.3) is 0 Å². The van der Waals surface area contributed by atoms with Crippen LogP contribution in [0.4, 0.5) is 0 Å². The molecule has 1 amide bonds. The molecule has 1 unspecified atom stereocenters. The van der Waals surface area contributed by atoms with Crippen molar-refractivity contribution in [3.8, 4) is 0 Å². The minimum atomic E-state index is -0.935. The molecule has 17 heavy (non-hydrogen) atoms. The van der Waals surface area contributed by atoms with Crippen LogP contribution in [0.15, 0.2) is 24.3 Å². The van der Waals surface area contributed by atoms with Gasteiger partial charge in [0.1, 0.15) is 0 Å². The Hall–Kier alpha value is -1.55. The Bertz CT molecular complexity index is 420. The van der Waals surface area contributed by atoms with E-state index in [1.54, 1.807) is 31.2 Å². The maximum atomic E-state index is 11.6. The third-order valence-electron chi connectivity index (χ3n) is 2.20. The molecule has 1 aromatic rings. The van der Waals surface area contributed by atoms with E-state index in [2.05, 4.69) is 5.32 Å². The molecular formula is C12H14ClNO3. The van der Waals surface area contributed by atoms with Crippen molar-refractivity contribution in [3.63, 3.8) is 0 Å². The summed E-state index contributed by atoms with van der Waals surface area (Å²) < 4.78 is 0. The highest BCUT2D eigenvalue weighted by atomic mass is 35.5. The first kappa shape index (κ1) is 13.5. The predicted molar refractivity (Wildman–Crippen MR) is 65.0 cm³/mol. The summed E-state index contributed by atoms with van der Waals surface area (Å²) in [5.41, 5.74) is 0.731. The molecule has 0 heterocycles. The highest BCUT2D eigenvalue weighted by Gasteiger charge is 2.12. The third-order valence-corrected chi connectivity index (χ3v) is 2.57. The van der Waals surface area contributed by atoms with E-state index in [1.807, 2.05) is 0 Å². The van der Waals surface area contributed by atoms with Crippen LogP contribution < -0.4 is 5.32 Å². The van der Waals surface area contributed by atoms with Gasteiger partial charge in [-0.15, -0.1) is 0 Å². The predicted octanol–water partition coefficient (Wildman–Crippen LogP) is 1.86. The quantitative estimate of drug-likeness (QED) is 0.844. The van der Waals surface area contributed by atoms with Crippen molar-refractivity contribution in [3.05, 3.63) is 34.9 Å². The van der Waals surface area contributed by atoms with Gasteiger partial charge in [-0.3, -0.25) is 9.59 Å². The molecule has 1 rings (SSSR count). The van der Waals surface area contributed by atoms with E-state index in [9.17, 15) is 9.59 Å². The van der Waals surface area contributed by atoms with Gasteiger partial charge >= 0.3 is 5.97 Å². The van der Waals surface area contributed by atoms with Gasteiger partial charge in [0.15, 0.2) is 0 Å². The molecule has 0 radical (unpaired) electrons. The number of amides is 1. The summed E-state index contributed by atoms with van der Waals surface area (Å²) in [6.45, 7) is 1.65. The number of hydrogen-bond acceptors (Lipinski definition) is 2. The van der Waals surface area contributed by atoms with Crippen molar-refractivity contribution in [1.29, 1.82) is 0 Å². The first-order valence-corrected chi connectivity index (χ1v) is 5.61. The Kier molecular flexibility index (Phi) is 4.97. The molecule has 92 valence electrons. The number of nitrogens with one attached hydrogen (secondary N) is 1. The van der Waals surface area contributed by atoms with E-state index < -0.39 is 5.97 Å². The fraction of sp³-hybridized carbons (Fsp3) is 0.333. The standard InChI is InChI=1S/C12H14ClNO3/c1-8(6-12(16)17)14-11(15)7-9-4-2-3-5-10(9)13/h2-5,8H,6-7H2,1H3,(H,14,15)(H,16,17). The Balaban J connectivity index is 2.50. The SMILES string of the molecule is CC(CC(=O)O)NC(=O)Cc1ccccc1Cl. The molecule has 4 nitrogen and oxygen atoms in total. The molecule has 1 aromatic carbocycles. The van der Waals surface area contributed by atoms with Gasteiger partial charge in [-0.2, -0.15) is 0 Å². The summed E-state index contributed by atoms with van der Waals surface area (Å²) in [6, 6.07) is 6.68. The number of aliphatic carboxylic acids is 1. The van der Waals surface area contributed by atoms with Crippen molar-refractivity contribution < 1.29 is 14.7 Å². The van der Waals surface area contributed by atoms with Gasteiger partial charge in [0.25, 0.3) is 0 Å². The molecule has 0 aliphatic heterocycles. The molecular weight excluding hydrogens is 242 g/mol. The Morgan fingerprint density at radius 2 is 2.06 bits per heavy atom. The average Bonchev–Trinajstić information content (AvgIpc) is 2.19. The Morgan fingerprint density at radius 3 is 2.65 bits per heavy atom. The van der Waals surface area contributed by atoms with Crippen LogP contribution in [0, 0.1) is 0 Å². The van der Waals surface area contributed by atoms with Crippen LogP contribution in [-0.2, 0) is 16.0 Å². The molecule has 1 atom stereocenters. The lowest BCUT2D eigenvalue weighted by molar-refractivity contribution is -0.137. The molecule has 2 N–H and O–H groups in total. The molecule has 0 aliphatic rings. The van der Waals surface area contributed by atoms with Gasteiger partial charge in [0, 0.05) is 11.1 Å². The maximum absolute atomic E-state index is 11.6. The Labute approximate surface area is 105 Å². The van der Waals surface area contributed by atoms with Crippen molar-refractivity contribution >= 4 is 23.5 Å². The fourth-order valence-corrected chi connectivity index (χ4v) is 1.66. The van der Waals surface area contributed by atoms with Gasteiger partial charge in [0.2, 0.25) is 5.91 Å². The van der Waals surface area contributed by atoms with Crippen molar-refractivity contribution in [2.24, 2.45) is 0 Å². The lowest BCUT2D eigenvalue weighted by Gasteiger charge is -2.11. The maximum Gasteiger partial charge on any atom is 0.305 e. The van der Waals surface area contributed by atoms with Gasteiger partial charge in [0.05, 0.1) is 12.8 Å². The molecule has 0 fully saturated rings. The van der Waals surface area contributed by atoms with Crippen LogP contribution in [0.3, 0.4) is 0 Å². The highest BCUT2D eigenvalue weighted by Crippen LogP contribution is 2.15. The number of halogens is 1. The van der Waals surface area contributed by atoms with Crippen LogP contribution in [-0.4, -0.2) is 23.0 Å². The van der Waals surface area contributed by atoms with Crippen LogP contribution >= 0.6 is 11.6 Å². The fourth-order valence-electron chi connectivity index (χ4n) is 1.45. The molecule has 0 bridgehead atoms. The number of carboxylic acid groups (broad SMARTS) is 1. The Morgan fingerprint density at radius 1 is 1.41 bits per heavy atom. The summed E-state index contributed by atoms with van der Waals surface area (Å²) in [7, 11) is 0. The molecule has 5 heteroatoms. The summed E-state index contributed by atoms with van der Waals surface area (Å²) in [4.78, 5) is 22.0. The zero-order valence-corrected chi connectivity index (χ0v) is 10.2. The van der Waals surface area contributed by atoms with E-state index >= 15 is 0 Å². The van der Waals surface area contributed by atoms with E-state index in [4.69, 9.17) is 16.7 Å². The molecule has 0 spiro atoms. The van der Waals surface area contributed by atoms with Crippen LogP contribution in [0.2, 0.25) is 5.02 Å². The smallest absolute Gasteiger partial charge is 0.305 e. The monoisotopic (exact) mass is 255 g/mol. The zero-order chi connectivity index (χ0) is 12.8. The van der Waals surface area contributed by atoms with Gasteiger partial charge < -0.3 is 10.4 Å². The van der Waals surface area contributed by atoms with Gasteiger partial charge in [-0.25, -0.2) is 0 Å².